The number of nitrogens with one attached hydrogen (secondary N) is 2. The van der Waals surface area contributed by atoms with Gasteiger partial charge in [-0.05, 0) is 49.2 Å². The number of nitrogens with zero attached hydrogens (tertiary/aromatic N) is 2. The highest BCUT2D eigenvalue weighted by Crippen LogP contribution is 2.31. The molecule has 5 rings (SSSR count). The van der Waals surface area contributed by atoms with Crippen molar-refractivity contribution in [3.63, 3.8) is 0 Å². The number of carbonyl (C=O) groups excluding carboxylic acids is 2. The zero-order valence-electron chi connectivity index (χ0n) is 18.5. The fraction of sp³-hybridized carbons (Fsp3) is 0.208. The van der Waals surface area contributed by atoms with Gasteiger partial charge < -0.3 is 14.1 Å². The largest absolute Gasteiger partial charge is 0.486 e. The number of carbonyl (C=O) groups is 2. The Bertz CT molecular complexity index is 1400. The zero-order valence-corrected chi connectivity index (χ0v) is 19.3. The lowest BCUT2D eigenvalue weighted by molar-refractivity contribution is -0.125. The van der Waals surface area contributed by atoms with Crippen molar-refractivity contribution in [2.24, 2.45) is 4.40 Å². The summed E-state index contributed by atoms with van der Waals surface area (Å²) in [6.07, 6.45) is 1.17. The lowest BCUT2D eigenvalue weighted by atomic mass is 10.1. The van der Waals surface area contributed by atoms with Crippen LogP contribution in [0, 0.1) is 0 Å². The summed E-state index contributed by atoms with van der Waals surface area (Å²) in [4.78, 5) is 27.1. The van der Waals surface area contributed by atoms with Crippen LogP contribution in [-0.4, -0.2) is 43.6 Å². The third-order valence-corrected chi connectivity index (χ3v) is 7.07. The average Bonchev–Trinajstić information content (AvgIpc) is 3.60. The molecule has 0 bridgehead atoms. The van der Waals surface area contributed by atoms with Crippen LogP contribution in [0.3, 0.4) is 0 Å². The van der Waals surface area contributed by atoms with Crippen LogP contribution in [0.1, 0.15) is 34.7 Å². The van der Waals surface area contributed by atoms with Gasteiger partial charge in [0.05, 0.1) is 0 Å². The van der Waals surface area contributed by atoms with Gasteiger partial charge in [-0.15, -0.1) is 4.40 Å². The maximum Gasteiger partial charge on any atom is 0.305 e. The minimum Gasteiger partial charge on any atom is -0.486 e. The molecule has 1 saturated heterocycles. The fourth-order valence-electron chi connectivity index (χ4n) is 4.10. The van der Waals surface area contributed by atoms with Crippen molar-refractivity contribution in [3.8, 4) is 5.75 Å². The van der Waals surface area contributed by atoms with Gasteiger partial charge in [0.1, 0.15) is 29.1 Å². The van der Waals surface area contributed by atoms with E-state index >= 15 is 0 Å². The highest BCUT2D eigenvalue weighted by atomic mass is 32.2. The number of fused-ring (bicyclic) bond motifs is 1. The molecule has 2 aliphatic rings. The average molecular weight is 495 g/mol. The molecule has 35 heavy (non-hydrogen) atoms. The molecule has 0 radical (unpaired) electrons. The first kappa shape index (κ1) is 22.7. The quantitative estimate of drug-likeness (QED) is 0.520. The summed E-state index contributed by atoms with van der Waals surface area (Å²) in [5, 5.41) is 0. The number of furan rings is 1. The van der Waals surface area contributed by atoms with E-state index in [1.807, 2.05) is 30.3 Å². The van der Waals surface area contributed by atoms with Crippen molar-refractivity contribution >= 4 is 27.7 Å². The van der Waals surface area contributed by atoms with Gasteiger partial charge in [0, 0.05) is 12.1 Å². The van der Waals surface area contributed by atoms with E-state index in [2.05, 4.69) is 15.2 Å². The Balaban J connectivity index is 1.20. The Kier molecular flexibility index (Phi) is 6.00. The van der Waals surface area contributed by atoms with E-state index in [4.69, 9.17) is 9.15 Å². The molecule has 11 heteroatoms. The summed E-state index contributed by atoms with van der Waals surface area (Å²) in [5.74, 6) is 0.288. The van der Waals surface area contributed by atoms with Crippen LogP contribution in [0.5, 0.6) is 5.75 Å². The predicted molar refractivity (Wildman–Crippen MR) is 125 cm³/mol. The number of rotatable bonds is 5. The molecule has 0 unspecified atom stereocenters. The molecule has 2 aromatic carbocycles. The van der Waals surface area contributed by atoms with Gasteiger partial charge in [0.15, 0.2) is 11.6 Å². The molecule has 10 nitrogen and oxygen atoms in total. The van der Waals surface area contributed by atoms with Gasteiger partial charge in [-0.1, -0.05) is 30.3 Å². The number of para-hydroxylation sites is 1. The van der Waals surface area contributed by atoms with Gasteiger partial charge >= 0.3 is 5.91 Å². The summed E-state index contributed by atoms with van der Waals surface area (Å²) in [6.45, 7) is 0.616. The molecule has 1 atom stereocenters. The number of ether oxygens (including phenoxy) is 1. The Hall–Kier alpha value is -4.12. The van der Waals surface area contributed by atoms with Crippen molar-refractivity contribution in [2.75, 3.05) is 6.54 Å². The Labute approximate surface area is 201 Å². The van der Waals surface area contributed by atoms with Crippen molar-refractivity contribution in [2.45, 2.75) is 30.4 Å². The van der Waals surface area contributed by atoms with E-state index in [1.54, 1.807) is 29.2 Å². The van der Waals surface area contributed by atoms with Crippen LogP contribution >= 0.6 is 0 Å². The van der Waals surface area contributed by atoms with E-state index in [9.17, 15) is 18.0 Å². The number of likely N-dealkylation sites (tertiary alicyclic amines) is 1. The van der Waals surface area contributed by atoms with Crippen LogP contribution in [0.15, 0.2) is 80.4 Å². The first-order chi connectivity index (χ1) is 16.9. The van der Waals surface area contributed by atoms with Crippen molar-refractivity contribution in [1.82, 2.24) is 15.8 Å². The van der Waals surface area contributed by atoms with E-state index < -0.39 is 27.9 Å². The molecular weight excluding hydrogens is 472 g/mol. The second kappa shape index (κ2) is 9.26. The molecule has 1 aromatic heterocycles. The van der Waals surface area contributed by atoms with Crippen LogP contribution in [-0.2, 0) is 21.4 Å². The standard InChI is InChI=1S/C24H22N4O6S/c29-23(19-10-6-14-28(19)22-18-9-4-5-11-21(18)35(31,32)27-22)25-26-24(30)20-13-12-17(34-20)15-33-16-7-2-1-3-8-16/h1-5,7-9,11-13,19H,6,10,14-15H2,(H,25,29)(H,26,30)/t19-/m0/s1. The van der Waals surface area contributed by atoms with Gasteiger partial charge in [0.25, 0.3) is 15.9 Å². The Morgan fingerprint density at radius 1 is 1.03 bits per heavy atom. The van der Waals surface area contributed by atoms with E-state index in [1.165, 1.54) is 12.1 Å². The number of hydrazine groups is 1. The monoisotopic (exact) mass is 494 g/mol. The number of sulfonamides is 1. The summed E-state index contributed by atoms with van der Waals surface area (Å²) < 4.78 is 39.8. The van der Waals surface area contributed by atoms with Crippen LogP contribution in [0.4, 0.5) is 0 Å². The van der Waals surface area contributed by atoms with Gasteiger partial charge in [0.2, 0.25) is 0 Å². The predicted octanol–water partition coefficient (Wildman–Crippen LogP) is 2.23. The topological polar surface area (TPSA) is 130 Å². The van der Waals surface area contributed by atoms with Gasteiger partial charge in [-0.3, -0.25) is 20.4 Å². The molecule has 180 valence electrons. The van der Waals surface area contributed by atoms with Gasteiger partial charge in [-0.2, -0.15) is 8.42 Å². The van der Waals surface area contributed by atoms with E-state index in [0.29, 0.717) is 36.5 Å². The van der Waals surface area contributed by atoms with Crippen LogP contribution in [0.25, 0.3) is 0 Å². The third-order valence-electron chi connectivity index (χ3n) is 5.75. The van der Waals surface area contributed by atoms with E-state index in [0.717, 1.165) is 0 Å². The Morgan fingerprint density at radius 3 is 2.63 bits per heavy atom. The summed E-state index contributed by atoms with van der Waals surface area (Å²) in [6, 6.07) is 18.1. The minimum atomic E-state index is -3.80. The number of amidine groups is 1. The molecule has 2 amide bonds. The number of hydrogen-bond donors (Lipinski definition) is 2. The highest BCUT2D eigenvalue weighted by molar-refractivity contribution is 7.90. The second-order valence-electron chi connectivity index (χ2n) is 8.05. The second-order valence-corrected chi connectivity index (χ2v) is 9.62. The zero-order chi connectivity index (χ0) is 24.4. The lowest BCUT2D eigenvalue weighted by Gasteiger charge is -2.25. The van der Waals surface area contributed by atoms with E-state index in [-0.39, 0.29) is 23.1 Å². The van der Waals surface area contributed by atoms with Gasteiger partial charge in [-0.25, -0.2) is 0 Å². The SMILES string of the molecule is O=C(NNC(=O)[C@@H]1CCCN1C1=NS(=O)(=O)c2ccccc21)c1ccc(COc2ccccc2)o1. The molecular formula is C24H22N4O6S. The smallest absolute Gasteiger partial charge is 0.305 e. The normalized spacial score (nSPS) is 18.0. The Morgan fingerprint density at radius 2 is 1.80 bits per heavy atom. The molecule has 2 aliphatic heterocycles. The first-order valence-electron chi connectivity index (χ1n) is 11.0. The summed E-state index contributed by atoms with van der Waals surface area (Å²) in [7, 11) is -3.80. The fourth-order valence-corrected chi connectivity index (χ4v) is 5.32. The third kappa shape index (κ3) is 4.62. The van der Waals surface area contributed by atoms with Crippen LogP contribution < -0.4 is 15.6 Å². The number of benzene rings is 2. The maximum absolute atomic E-state index is 12.9. The lowest BCUT2D eigenvalue weighted by Crippen LogP contribution is -2.51. The molecule has 0 saturated carbocycles. The summed E-state index contributed by atoms with van der Waals surface area (Å²) in [5.41, 5.74) is 5.23. The molecule has 2 N–H and O–H groups in total. The summed E-state index contributed by atoms with van der Waals surface area (Å²) >= 11 is 0. The van der Waals surface area contributed by atoms with Crippen molar-refractivity contribution in [3.05, 3.63) is 83.8 Å². The number of amides is 2. The molecule has 0 aliphatic carbocycles. The molecule has 3 heterocycles. The van der Waals surface area contributed by atoms with Crippen molar-refractivity contribution < 1.29 is 27.2 Å². The molecule has 0 spiro atoms. The first-order valence-corrected chi connectivity index (χ1v) is 12.4. The van der Waals surface area contributed by atoms with Crippen LogP contribution in [0.2, 0.25) is 0 Å². The highest BCUT2D eigenvalue weighted by Gasteiger charge is 2.39. The number of hydrogen-bond acceptors (Lipinski definition) is 7. The molecule has 3 aromatic rings. The molecule has 1 fully saturated rings. The van der Waals surface area contributed by atoms with Crippen molar-refractivity contribution in [1.29, 1.82) is 0 Å². The minimum absolute atomic E-state index is 0.0143. The maximum atomic E-state index is 12.9.